The van der Waals surface area contributed by atoms with Crippen LogP contribution in [0.5, 0.6) is 0 Å². The van der Waals surface area contributed by atoms with Crippen molar-refractivity contribution in [1.82, 2.24) is 9.29 Å². The van der Waals surface area contributed by atoms with E-state index in [0.29, 0.717) is 0 Å². The largest absolute Gasteiger partial charge is 0.307 e. The van der Waals surface area contributed by atoms with Gasteiger partial charge in [-0.2, -0.15) is 9.57 Å². The number of nitriles is 1. The molecule has 0 bridgehead atoms. The average Bonchev–Trinajstić information content (AvgIpc) is 2.39. The number of aromatic nitrogens is 1. The molecule has 0 aliphatic rings. The van der Waals surface area contributed by atoms with Crippen molar-refractivity contribution < 1.29 is 8.42 Å². The third-order valence-corrected chi connectivity index (χ3v) is 4.64. The third kappa shape index (κ3) is 3.54. The number of nitrogens with two attached hydrogens (primary N) is 1. The molecule has 0 aliphatic heterocycles. The molecule has 1 rings (SSSR count). The van der Waals surface area contributed by atoms with Gasteiger partial charge in [0.1, 0.15) is 4.90 Å². The number of hydrogen-bond acceptors (Lipinski definition) is 6. The van der Waals surface area contributed by atoms with Gasteiger partial charge in [0.2, 0.25) is 10.0 Å². The van der Waals surface area contributed by atoms with E-state index in [1.54, 1.807) is 6.92 Å². The zero-order chi connectivity index (χ0) is 14.5. The van der Waals surface area contributed by atoms with E-state index in [2.05, 4.69) is 10.4 Å². The van der Waals surface area contributed by atoms with Gasteiger partial charge in [0.15, 0.2) is 5.82 Å². The Morgan fingerprint density at radius 1 is 1.63 bits per heavy atom. The van der Waals surface area contributed by atoms with Crippen LogP contribution >= 0.6 is 11.6 Å². The van der Waals surface area contributed by atoms with Crippen molar-refractivity contribution >= 4 is 27.4 Å². The maximum atomic E-state index is 12.3. The minimum absolute atomic E-state index is 0.0312. The van der Waals surface area contributed by atoms with E-state index in [-0.39, 0.29) is 35.2 Å². The molecular weight excluding hydrogens is 290 g/mol. The first kappa shape index (κ1) is 15.7. The minimum atomic E-state index is -3.70. The van der Waals surface area contributed by atoms with Crippen molar-refractivity contribution in [1.29, 1.82) is 5.26 Å². The van der Waals surface area contributed by atoms with Gasteiger partial charge in [0.25, 0.3) is 0 Å². The van der Waals surface area contributed by atoms with Crippen LogP contribution in [-0.2, 0) is 10.0 Å². The second-order valence-corrected chi connectivity index (χ2v) is 5.90. The molecule has 1 heterocycles. The first-order valence-corrected chi connectivity index (χ1v) is 7.28. The number of nitrogen functional groups attached to an aromatic ring is 1. The molecule has 104 valence electrons. The molecule has 0 spiro atoms. The SMILES string of the molecule is CCN(CCC#N)S(=O)(=O)c1cnc(NN)c(Cl)c1. The van der Waals surface area contributed by atoms with E-state index >= 15 is 0 Å². The van der Waals surface area contributed by atoms with Crippen LogP contribution < -0.4 is 11.3 Å². The molecular formula is C10H14ClN5O2S. The van der Waals surface area contributed by atoms with E-state index in [4.69, 9.17) is 22.7 Å². The lowest BCUT2D eigenvalue weighted by Gasteiger charge is -2.19. The highest BCUT2D eigenvalue weighted by molar-refractivity contribution is 7.89. The van der Waals surface area contributed by atoms with Crippen LogP contribution in [0.1, 0.15) is 13.3 Å². The van der Waals surface area contributed by atoms with E-state index in [0.717, 1.165) is 0 Å². The van der Waals surface area contributed by atoms with Gasteiger partial charge < -0.3 is 5.43 Å². The monoisotopic (exact) mass is 303 g/mol. The van der Waals surface area contributed by atoms with Gasteiger partial charge in [0.05, 0.1) is 11.1 Å². The van der Waals surface area contributed by atoms with Gasteiger partial charge in [0, 0.05) is 25.7 Å². The summed E-state index contributed by atoms with van der Waals surface area (Å²) in [6, 6.07) is 3.18. The zero-order valence-corrected chi connectivity index (χ0v) is 11.9. The topological polar surface area (TPSA) is 112 Å². The standard InChI is InChI=1S/C10H14ClN5O2S/c1-2-16(5-3-4-12)19(17,18)8-6-9(11)10(15-13)14-7-8/h6-7H,2-3,5,13H2,1H3,(H,14,15). The molecule has 0 saturated heterocycles. The van der Waals surface area contributed by atoms with Crippen LogP contribution in [0.15, 0.2) is 17.2 Å². The molecule has 0 aliphatic carbocycles. The predicted octanol–water partition coefficient (Wildman–Crippen LogP) is 0.945. The van der Waals surface area contributed by atoms with Gasteiger partial charge in [-0.05, 0) is 6.07 Å². The summed E-state index contributed by atoms with van der Waals surface area (Å²) >= 11 is 5.85. The Bertz CT molecular complexity index is 584. The van der Waals surface area contributed by atoms with Crippen molar-refractivity contribution in [3.63, 3.8) is 0 Å². The summed E-state index contributed by atoms with van der Waals surface area (Å²) in [5.74, 6) is 5.36. The molecule has 0 aromatic carbocycles. The highest BCUT2D eigenvalue weighted by Gasteiger charge is 2.24. The van der Waals surface area contributed by atoms with E-state index in [1.807, 2.05) is 6.07 Å². The Morgan fingerprint density at radius 2 is 2.32 bits per heavy atom. The summed E-state index contributed by atoms with van der Waals surface area (Å²) in [5, 5.41) is 8.64. The number of anilines is 1. The molecule has 0 unspecified atom stereocenters. The summed E-state index contributed by atoms with van der Waals surface area (Å²) in [6.45, 7) is 2.09. The number of rotatable bonds is 6. The van der Waals surface area contributed by atoms with Crippen LogP contribution in [0.4, 0.5) is 5.82 Å². The molecule has 19 heavy (non-hydrogen) atoms. The zero-order valence-electron chi connectivity index (χ0n) is 10.3. The fraction of sp³-hybridized carbons (Fsp3) is 0.400. The van der Waals surface area contributed by atoms with Gasteiger partial charge in [-0.25, -0.2) is 19.2 Å². The molecule has 1 aromatic rings. The number of pyridine rings is 1. The summed E-state index contributed by atoms with van der Waals surface area (Å²) in [7, 11) is -3.70. The second-order valence-electron chi connectivity index (χ2n) is 3.55. The lowest BCUT2D eigenvalue weighted by molar-refractivity contribution is 0.435. The highest BCUT2D eigenvalue weighted by Crippen LogP contribution is 2.23. The van der Waals surface area contributed by atoms with Crippen LogP contribution in [0, 0.1) is 11.3 Å². The summed E-state index contributed by atoms with van der Waals surface area (Å²) in [6.07, 6.45) is 1.29. The van der Waals surface area contributed by atoms with Crippen LogP contribution in [-0.4, -0.2) is 30.8 Å². The van der Waals surface area contributed by atoms with Crippen molar-refractivity contribution in [2.45, 2.75) is 18.2 Å². The third-order valence-electron chi connectivity index (χ3n) is 2.42. The Morgan fingerprint density at radius 3 is 2.79 bits per heavy atom. The Kier molecular flexibility index (Phi) is 5.50. The summed E-state index contributed by atoms with van der Waals surface area (Å²) < 4.78 is 25.8. The number of halogens is 1. The maximum Gasteiger partial charge on any atom is 0.244 e. The van der Waals surface area contributed by atoms with Gasteiger partial charge in [-0.1, -0.05) is 18.5 Å². The molecule has 0 fully saturated rings. The lowest BCUT2D eigenvalue weighted by Crippen LogP contribution is -2.31. The lowest BCUT2D eigenvalue weighted by atomic mass is 10.4. The first-order chi connectivity index (χ1) is 8.97. The molecule has 0 saturated carbocycles. The molecule has 0 atom stereocenters. The van der Waals surface area contributed by atoms with Crippen LogP contribution in [0.3, 0.4) is 0 Å². The first-order valence-electron chi connectivity index (χ1n) is 5.46. The molecule has 0 radical (unpaired) electrons. The second kappa shape index (κ2) is 6.68. The van der Waals surface area contributed by atoms with Crippen LogP contribution in [0.25, 0.3) is 0 Å². The van der Waals surface area contributed by atoms with E-state index < -0.39 is 10.0 Å². The molecule has 0 amide bonds. The van der Waals surface area contributed by atoms with Crippen LogP contribution in [0.2, 0.25) is 5.02 Å². The Balaban J connectivity index is 3.12. The van der Waals surface area contributed by atoms with E-state index in [1.165, 1.54) is 16.6 Å². The Labute approximate surface area is 117 Å². The average molecular weight is 304 g/mol. The normalized spacial score (nSPS) is 11.3. The number of nitrogens with one attached hydrogen (secondary N) is 1. The predicted molar refractivity (Wildman–Crippen MR) is 71.7 cm³/mol. The van der Waals surface area contributed by atoms with Gasteiger partial charge >= 0.3 is 0 Å². The Hall–Kier alpha value is -1.40. The smallest absolute Gasteiger partial charge is 0.244 e. The van der Waals surface area contributed by atoms with E-state index in [9.17, 15) is 8.42 Å². The van der Waals surface area contributed by atoms with Crippen molar-refractivity contribution in [3.05, 3.63) is 17.3 Å². The molecule has 3 N–H and O–H groups in total. The molecule has 7 nitrogen and oxygen atoms in total. The maximum absolute atomic E-state index is 12.3. The number of sulfonamides is 1. The van der Waals surface area contributed by atoms with Gasteiger partial charge in [-0.3, -0.25) is 0 Å². The van der Waals surface area contributed by atoms with Crippen molar-refractivity contribution in [2.75, 3.05) is 18.5 Å². The van der Waals surface area contributed by atoms with Crippen molar-refractivity contribution in [3.8, 4) is 6.07 Å². The summed E-state index contributed by atoms with van der Waals surface area (Å²) in [5.41, 5.74) is 2.26. The number of hydrazine groups is 1. The van der Waals surface area contributed by atoms with Gasteiger partial charge in [-0.15, -0.1) is 0 Å². The summed E-state index contributed by atoms with van der Waals surface area (Å²) in [4.78, 5) is 3.79. The minimum Gasteiger partial charge on any atom is -0.307 e. The quantitative estimate of drug-likeness (QED) is 0.597. The van der Waals surface area contributed by atoms with Crippen molar-refractivity contribution in [2.24, 2.45) is 5.84 Å². The highest BCUT2D eigenvalue weighted by atomic mass is 35.5. The molecule has 1 aromatic heterocycles. The fourth-order valence-electron chi connectivity index (χ4n) is 1.44. The molecule has 9 heteroatoms. The number of hydrogen-bond donors (Lipinski definition) is 2. The fourth-order valence-corrected chi connectivity index (χ4v) is 3.15. The number of nitrogens with zero attached hydrogens (tertiary/aromatic N) is 3.